The normalized spacial score (nSPS) is 12.1. The second kappa shape index (κ2) is 12.6. The first-order chi connectivity index (χ1) is 9.20. The van der Waals surface area contributed by atoms with Gasteiger partial charge in [-0.25, -0.2) is 9.59 Å². The standard InChI is InChI=1S/C16H22O3/c1-3-5-7-9-11-13-15(17)19-16(18)14-12-10-8-6-4-2/h7-14H,3-6H2,1-2H3/b9-7+,10-8+,13-11-,14-12-. The number of ether oxygens (including phenoxy) is 1. The van der Waals surface area contributed by atoms with E-state index in [1.54, 1.807) is 24.3 Å². The monoisotopic (exact) mass is 262 g/mol. The highest BCUT2D eigenvalue weighted by molar-refractivity contribution is 5.96. The maximum absolute atomic E-state index is 11.2. The molecule has 0 saturated heterocycles. The van der Waals surface area contributed by atoms with Gasteiger partial charge in [-0.15, -0.1) is 0 Å². The number of allylic oxidation sites excluding steroid dienone is 6. The lowest BCUT2D eigenvalue weighted by Gasteiger charge is -1.92. The summed E-state index contributed by atoms with van der Waals surface area (Å²) in [7, 11) is 0. The van der Waals surface area contributed by atoms with Gasteiger partial charge in [-0.2, -0.15) is 0 Å². The summed E-state index contributed by atoms with van der Waals surface area (Å²) in [5, 5.41) is 0. The van der Waals surface area contributed by atoms with Crippen molar-refractivity contribution in [1.82, 2.24) is 0 Å². The maximum atomic E-state index is 11.2. The molecule has 0 atom stereocenters. The van der Waals surface area contributed by atoms with Crippen LogP contribution in [0.15, 0.2) is 48.6 Å². The molecule has 0 aromatic carbocycles. The van der Waals surface area contributed by atoms with Crippen LogP contribution in [-0.4, -0.2) is 11.9 Å². The third-order valence-electron chi connectivity index (χ3n) is 2.07. The minimum atomic E-state index is -0.659. The van der Waals surface area contributed by atoms with Crippen molar-refractivity contribution in [3.63, 3.8) is 0 Å². The van der Waals surface area contributed by atoms with Crippen LogP contribution in [-0.2, 0) is 14.3 Å². The molecule has 0 aliphatic heterocycles. The fourth-order valence-electron chi connectivity index (χ4n) is 1.12. The molecule has 0 aliphatic carbocycles. The average Bonchev–Trinajstić information content (AvgIpc) is 2.38. The van der Waals surface area contributed by atoms with Gasteiger partial charge in [-0.1, -0.05) is 63.1 Å². The molecule has 0 saturated carbocycles. The number of carbonyl (C=O) groups is 2. The maximum Gasteiger partial charge on any atom is 0.338 e. The van der Waals surface area contributed by atoms with Gasteiger partial charge in [0.05, 0.1) is 0 Å². The summed E-state index contributed by atoms with van der Waals surface area (Å²) in [5.74, 6) is -1.32. The van der Waals surface area contributed by atoms with E-state index < -0.39 is 11.9 Å². The van der Waals surface area contributed by atoms with Gasteiger partial charge in [-0.3, -0.25) is 0 Å². The highest BCUT2D eigenvalue weighted by atomic mass is 16.6. The van der Waals surface area contributed by atoms with E-state index in [1.807, 2.05) is 12.2 Å². The molecule has 3 heteroatoms. The van der Waals surface area contributed by atoms with E-state index >= 15 is 0 Å². The van der Waals surface area contributed by atoms with Crippen LogP contribution >= 0.6 is 0 Å². The fraction of sp³-hybridized carbons (Fsp3) is 0.375. The number of unbranched alkanes of at least 4 members (excludes halogenated alkanes) is 2. The second-order valence-electron chi connectivity index (χ2n) is 3.89. The average molecular weight is 262 g/mol. The Morgan fingerprint density at radius 1 is 0.789 bits per heavy atom. The van der Waals surface area contributed by atoms with Crippen molar-refractivity contribution in [3.05, 3.63) is 48.6 Å². The molecule has 0 bridgehead atoms. The molecule has 19 heavy (non-hydrogen) atoms. The zero-order valence-corrected chi connectivity index (χ0v) is 11.7. The van der Waals surface area contributed by atoms with Gasteiger partial charge in [0.1, 0.15) is 0 Å². The lowest BCUT2D eigenvalue weighted by atomic mass is 10.3. The van der Waals surface area contributed by atoms with Gasteiger partial charge in [-0.05, 0) is 12.8 Å². The van der Waals surface area contributed by atoms with Gasteiger partial charge in [0.25, 0.3) is 0 Å². The fourth-order valence-corrected chi connectivity index (χ4v) is 1.12. The first kappa shape index (κ1) is 17.1. The summed E-state index contributed by atoms with van der Waals surface area (Å²) in [6, 6.07) is 0. The molecule has 3 nitrogen and oxygen atoms in total. The van der Waals surface area contributed by atoms with E-state index in [0.717, 1.165) is 25.7 Å². The highest BCUT2D eigenvalue weighted by Crippen LogP contribution is 1.92. The Morgan fingerprint density at radius 3 is 1.58 bits per heavy atom. The van der Waals surface area contributed by atoms with Crippen LogP contribution in [0.2, 0.25) is 0 Å². The Bertz CT molecular complexity index is 337. The van der Waals surface area contributed by atoms with Crippen molar-refractivity contribution in [2.45, 2.75) is 39.5 Å². The molecule has 0 heterocycles. The van der Waals surface area contributed by atoms with E-state index in [9.17, 15) is 9.59 Å². The molecule has 0 radical (unpaired) electrons. The predicted octanol–water partition coefficient (Wildman–Crippen LogP) is 3.88. The Morgan fingerprint density at radius 2 is 1.21 bits per heavy atom. The largest absolute Gasteiger partial charge is 0.387 e. The number of hydrogen-bond donors (Lipinski definition) is 0. The van der Waals surface area contributed by atoms with Gasteiger partial charge in [0.2, 0.25) is 0 Å². The van der Waals surface area contributed by atoms with Gasteiger partial charge >= 0.3 is 11.9 Å². The summed E-state index contributed by atoms with van der Waals surface area (Å²) >= 11 is 0. The van der Waals surface area contributed by atoms with E-state index in [-0.39, 0.29) is 0 Å². The van der Waals surface area contributed by atoms with Crippen molar-refractivity contribution < 1.29 is 14.3 Å². The molecule has 104 valence electrons. The van der Waals surface area contributed by atoms with Crippen molar-refractivity contribution >= 4 is 11.9 Å². The topological polar surface area (TPSA) is 43.4 Å². The van der Waals surface area contributed by atoms with E-state index in [1.165, 1.54) is 12.2 Å². The third kappa shape index (κ3) is 12.3. The molecular weight excluding hydrogens is 240 g/mol. The van der Waals surface area contributed by atoms with Crippen molar-refractivity contribution in [1.29, 1.82) is 0 Å². The summed E-state index contributed by atoms with van der Waals surface area (Å²) < 4.78 is 4.54. The lowest BCUT2D eigenvalue weighted by molar-refractivity contribution is -0.152. The van der Waals surface area contributed by atoms with Crippen LogP contribution in [0.25, 0.3) is 0 Å². The number of rotatable bonds is 8. The Hall–Kier alpha value is -1.90. The summed E-state index contributed by atoms with van der Waals surface area (Å²) in [6.07, 6.45) is 17.1. The van der Waals surface area contributed by atoms with Gasteiger partial charge in [0.15, 0.2) is 0 Å². The first-order valence-corrected chi connectivity index (χ1v) is 6.62. The quantitative estimate of drug-likeness (QED) is 0.288. The number of hydrogen-bond acceptors (Lipinski definition) is 3. The van der Waals surface area contributed by atoms with Gasteiger partial charge < -0.3 is 4.74 Å². The molecule has 0 aromatic rings. The van der Waals surface area contributed by atoms with Crippen molar-refractivity contribution in [3.8, 4) is 0 Å². The van der Waals surface area contributed by atoms with Crippen molar-refractivity contribution in [2.75, 3.05) is 0 Å². The van der Waals surface area contributed by atoms with E-state index in [2.05, 4.69) is 18.6 Å². The third-order valence-corrected chi connectivity index (χ3v) is 2.07. The predicted molar refractivity (Wildman–Crippen MR) is 77.5 cm³/mol. The Labute approximate surface area is 115 Å². The van der Waals surface area contributed by atoms with Crippen LogP contribution in [0.3, 0.4) is 0 Å². The molecular formula is C16H22O3. The first-order valence-electron chi connectivity index (χ1n) is 6.62. The van der Waals surface area contributed by atoms with Crippen LogP contribution in [0.5, 0.6) is 0 Å². The van der Waals surface area contributed by atoms with Crippen molar-refractivity contribution in [2.24, 2.45) is 0 Å². The summed E-state index contributed by atoms with van der Waals surface area (Å²) in [4.78, 5) is 22.4. The minimum Gasteiger partial charge on any atom is -0.387 e. The van der Waals surface area contributed by atoms with Crippen LogP contribution in [0.1, 0.15) is 39.5 Å². The number of esters is 2. The van der Waals surface area contributed by atoms with Crippen LogP contribution in [0, 0.1) is 0 Å². The van der Waals surface area contributed by atoms with Crippen LogP contribution < -0.4 is 0 Å². The number of carbonyl (C=O) groups excluding carboxylic acids is 2. The minimum absolute atomic E-state index is 0.659. The zero-order chi connectivity index (χ0) is 14.3. The molecule has 0 N–H and O–H groups in total. The summed E-state index contributed by atoms with van der Waals surface area (Å²) in [6.45, 7) is 4.14. The second-order valence-corrected chi connectivity index (χ2v) is 3.89. The zero-order valence-electron chi connectivity index (χ0n) is 11.7. The Balaban J connectivity index is 3.95. The molecule has 0 aliphatic rings. The van der Waals surface area contributed by atoms with Gasteiger partial charge in [0, 0.05) is 12.2 Å². The van der Waals surface area contributed by atoms with E-state index in [0.29, 0.717) is 0 Å². The molecule has 0 rings (SSSR count). The molecule has 0 amide bonds. The highest BCUT2D eigenvalue weighted by Gasteiger charge is 2.01. The SMILES string of the molecule is CCC/C=C/C=C\C(=O)OC(=O)/C=C\C=C\CCC. The molecule has 0 spiro atoms. The Kier molecular flexibility index (Phi) is 11.3. The van der Waals surface area contributed by atoms with E-state index in [4.69, 9.17) is 0 Å². The smallest absolute Gasteiger partial charge is 0.338 e. The van der Waals surface area contributed by atoms with Crippen LogP contribution in [0.4, 0.5) is 0 Å². The summed E-state index contributed by atoms with van der Waals surface area (Å²) in [5.41, 5.74) is 0. The molecule has 0 fully saturated rings. The molecule has 0 aromatic heterocycles. The lowest BCUT2D eigenvalue weighted by Crippen LogP contribution is -2.06. The molecule has 0 unspecified atom stereocenters.